The first-order valence-electron chi connectivity index (χ1n) is 7.15. The van der Waals surface area contributed by atoms with Gasteiger partial charge in [-0.25, -0.2) is 4.98 Å². The summed E-state index contributed by atoms with van der Waals surface area (Å²) >= 11 is 1.02. The fraction of sp³-hybridized carbons (Fsp3) is 0.286. The summed E-state index contributed by atoms with van der Waals surface area (Å²) in [5.41, 5.74) is -0.272. The molecular formula is C14H12N6O3S. The highest BCUT2D eigenvalue weighted by atomic mass is 32.1. The van der Waals surface area contributed by atoms with Gasteiger partial charge in [-0.05, 0) is 13.0 Å². The van der Waals surface area contributed by atoms with Crippen LogP contribution >= 0.6 is 11.3 Å². The zero-order valence-electron chi connectivity index (χ0n) is 12.6. The van der Waals surface area contributed by atoms with Gasteiger partial charge in [0.1, 0.15) is 5.82 Å². The highest BCUT2D eigenvalue weighted by molar-refractivity contribution is 7.18. The van der Waals surface area contributed by atoms with Gasteiger partial charge in [-0.15, -0.1) is 10.2 Å². The van der Waals surface area contributed by atoms with E-state index in [1.807, 2.05) is 6.92 Å². The summed E-state index contributed by atoms with van der Waals surface area (Å²) in [4.78, 5) is 21.3. The molecule has 0 radical (unpaired) electrons. The van der Waals surface area contributed by atoms with Gasteiger partial charge in [-0.2, -0.15) is 0 Å². The van der Waals surface area contributed by atoms with Crippen molar-refractivity contribution in [2.24, 2.45) is 0 Å². The van der Waals surface area contributed by atoms with Crippen LogP contribution in [0, 0.1) is 10.1 Å². The van der Waals surface area contributed by atoms with Gasteiger partial charge in [-0.3, -0.25) is 15.1 Å². The van der Waals surface area contributed by atoms with E-state index in [4.69, 9.17) is 4.42 Å². The van der Waals surface area contributed by atoms with E-state index in [9.17, 15) is 10.1 Å². The molecule has 122 valence electrons. The lowest BCUT2D eigenvalue weighted by Gasteiger charge is -2.46. The Kier molecular flexibility index (Phi) is 3.27. The van der Waals surface area contributed by atoms with Gasteiger partial charge in [0.2, 0.25) is 5.89 Å². The molecule has 3 aromatic rings. The highest BCUT2D eigenvalue weighted by Gasteiger charge is 2.45. The van der Waals surface area contributed by atoms with Gasteiger partial charge in [-0.1, -0.05) is 11.3 Å². The summed E-state index contributed by atoms with van der Waals surface area (Å²) in [7, 11) is 0. The van der Waals surface area contributed by atoms with E-state index in [2.05, 4.69) is 25.1 Å². The molecule has 4 rings (SSSR count). The maximum Gasteiger partial charge on any atom is 0.324 e. The van der Waals surface area contributed by atoms with Crippen LogP contribution in [0.25, 0.3) is 10.8 Å². The van der Waals surface area contributed by atoms with Crippen molar-refractivity contribution in [3.05, 3.63) is 46.7 Å². The Bertz CT molecular complexity index is 887. The molecule has 1 fully saturated rings. The van der Waals surface area contributed by atoms with E-state index in [0.717, 1.165) is 17.2 Å². The number of nitro groups is 1. The summed E-state index contributed by atoms with van der Waals surface area (Å²) in [5.74, 6) is 1.64. The lowest BCUT2D eigenvalue weighted by molar-refractivity contribution is -0.380. The minimum atomic E-state index is -0.433. The van der Waals surface area contributed by atoms with E-state index in [1.165, 1.54) is 6.07 Å². The van der Waals surface area contributed by atoms with E-state index < -0.39 is 4.92 Å². The molecule has 3 aromatic heterocycles. The minimum Gasteiger partial charge on any atom is -0.419 e. The molecule has 9 nitrogen and oxygen atoms in total. The first-order chi connectivity index (χ1) is 11.5. The third-order valence-corrected chi connectivity index (χ3v) is 4.90. The summed E-state index contributed by atoms with van der Waals surface area (Å²) in [6.07, 6.45) is 5.00. The summed E-state index contributed by atoms with van der Waals surface area (Å²) in [6.45, 7) is 3.42. The fourth-order valence-corrected chi connectivity index (χ4v) is 3.40. The van der Waals surface area contributed by atoms with Crippen molar-refractivity contribution in [1.82, 2.24) is 20.2 Å². The Labute approximate surface area is 140 Å². The monoisotopic (exact) mass is 344 g/mol. The van der Waals surface area contributed by atoms with Crippen LogP contribution in [-0.2, 0) is 5.41 Å². The molecule has 1 saturated heterocycles. The summed E-state index contributed by atoms with van der Waals surface area (Å²) in [6, 6.07) is 3.06. The van der Waals surface area contributed by atoms with Crippen LogP contribution in [-0.4, -0.2) is 38.2 Å². The molecule has 1 aliphatic heterocycles. The number of rotatable bonds is 4. The van der Waals surface area contributed by atoms with Crippen LogP contribution < -0.4 is 4.90 Å². The predicted molar refractivity (Wildman–Crippen MR) is 85.9 cm³/mol. The van der Waals surface area contributed by atoms with Gasteiger partial charge in [0.05, 0.1) is 21.4 Å². The largest absolute Gasteiger partial charge is 0.419 e. The normalized spacial score (nSPS) is 16.0. The molecule has 0 amide bonds. The van der Waals surface area contributed by atoms with Crippen molar-refractivity contribution in [3.8, 4) is 10.8 Å². The molecule has 0 unspecified atom stereocenters. The average Bonchev–Trinajstić information content (AvgIpc) is 3.21. The number of nitrogens with zero attached hydrogens (tertiary/aromatic N) is 6. The van der Waals surface area contributed by atoms with Crippen molar-refractivity contribution >= 4 is 22.2 Å². The maximum atomic E-state index is 10.8. The third kappa shape index (κ3) is 2.40. The van der Waals surface area contributed by atoms with E-state index >= 15 is 0 Å². The van der Waals surface area contributed by atoms with E-state index in [1.54, 1.807) is 24.7 Å². The van der Waals surface area contributed by atoms with Gasteiger partial charge in [0.25, 0.3) is 5.89 Å². The molecule has 24 heavy (non-hydrogen) atoms. The number of aromatic nitrogens is 4. The molecule has 0 bridgehead atoms. The maximum absolute atomic E-state index is 10.8. The smallest absolute Gasteiger partial charge is 0.324 e. The first-order valence-corrected chi connectivity index (χ1v) is 7.96. The molecule has 0 atom stereocenters. The fourth-order valence-electron chi connectivity index (χ4n) is 2.66. The lowest BCUT2D eigenvalue weighted by atomic mass is 9.82. The van der Waals surface area contributed by atoms with Crippen LogP contribution in [0.3, 0.4) is 0 Å². The SMILES string of the molecule is CC1(c2nnc(-c3ccc([N+](=O)[O-])s3)o2)CN(c2cnccn2)C1. The Morgan fingerprint density at radius 2 is 2.17 bits per heavy atom. The predicted octanol–water partition coefficient (Wildman–Crippen LogP) is 2.27. The zero-order chi connectivity index (χ0) is 16.7. The Morgan fingerprint density at radius 1 is 1.33 bits per heavy atom. The molecule has 1 aliphatic rings. The molecule has 0 aromatic carbocycles. The van der Waals surface area contributed by atoms with Crippen LogP contribution in [0.5, 0.6) is 0 Å². The van der Waals surface area contributed by atoms with Crippen LogP contribution in [0.15, 0.2) is 35.1 Å². The molecule has 4 heterocycles. The van der Waals surface area contributed by atoms with Gasteiger partial charge < -0.3 is 9.32 Å². The average molecular weight is 344 g/mol. The lowest BCUT2D eigenvalue weighted by Crippen LogP contribution is -2.58. The molecule has 0 spiro atoms. The molecule has 0 aliphatic carbocycles. The molecular weight excluding hydrogens is 332 g/mol. The number of hydrogen-bond acceptors (Lipinski definition) is 9. The van der Waals surface area contributed by atoms with Gasteiger partial charge in [0, 0.05) is 31.5 Å². The second-order valence-electron chi connectivity index (χ2n) is 5.79. The molecule has 0 saturated carbocycles. The van der Waals surface area contributed by atoms with Crippen molar-refractivity contribution in [1.29, 1.82) is 0 Å². The Hall–Kier alpha value is -2.88. The number of thiophene rings is 1. The number of hydrogen-bond donors (Lipinski definition) is 0. The zero-order valence-corrected chi connectivity index (χ0v) is 13.4. The Balaban J connectivity index is 1.52. The standard InChI is InChI=1S/C14H12N6O3S/c1-14(7-19(8-14)10-6-15-4-5-16-10)13-18-17-12(23-13)9-2-3-11(24-9)20(21)22/h2-6H,7-8H2,1H3. The quantitative estimate of drug-likeness (QED) is 0.523. The highest BCUT2D eigenvalue weighted by Crippen LogP contribution is 2.38. The molecule has 0 N–H and O–H groups in total. The van der Waals surface area contributed by atoms with Gasteiger partial charge >= 0.3 is 5.00 Å². The van der Waals surface area contributed by atoms with Crippen molar-refractivity contribution in [3.63, 3.8) is 0 Å². The molecule has 10 heteroatoms. The Morgan fingerprint density at radius 3 is 2.83 bits per heavy atom. The van der Waals surface area contributed by atoms with E-state index in [-0.39, 0.29) is 10.4 Å². The second kappa shape index (κ2) is 5.34. The third-order valence-electron chi connectivity index (χ3n) is 3.88. The second-order valence-corrected chi connectivity index (χ2v) is 6.85. The van der Waals surface area contributed by atoms with Crippen molar-refractivity contribution < 1.29 is 9.34 Å². The topological polar surface area (TPSA) is 111 Å². The summed E-state index contributed by atoms with van der Waals surface area (Å²) in [5, 5.41) is 19.0. The minimum absolute atomic E-state index is 0.0495. The van der Waals surface area contributed by atoms with E-state index in [0.29, 0.717) is 29.7 Å². The first kappa shape index (κ1) is 14.7. The van der Waals surface area contributed by atoms with Crippen molar-refractivity contribution in [2.75, 3.05) is 18.0 Å². The van der Waals surface area contributed by atoms with Crippen LogP contribution in [0.2, 0.25) is 0 Å². The van der Waals surface area contributed by atoms with Crippen LogP contribution in [0.1, 0.15) is 12.8 Å². The van der Waals surface area contributed by atoms with Gasteiger partial charge in [0.15, 0.2) is 0 Å². The van der Waals surface area contributed by atoms with Crippen molar-refractivity contribution in [2.45, 2.75) is 12.3 Å². The van der Waals surface area contributed by atoms with Crippen LogP contribution in [0.4, 0.5) is 10.8 Å². The summed E-state index contributed by atoms with van der Waals surface area (Å²) < 4.78 is 5.76. The number of anilines is 1.